The number of hydrogen-bond acceptors (Lipinski definition) is 5. The molecule has 0 aliphatic carbocycles. The second-order valence-electron chi connectivity index (χ2n) is 3.15. The van der Waals surface area contributed by atoms with Gasteiger partial charge in [-0.05, 0) is 18.9 Å². The Morgan fingerprint density at radius 3 is 2.93 bits per heavy atom. The van der Waals surface area contributed by atoms with Crippen LogP contribution in [0, 0.1) is 0 Å². The molecule has 0 saturated carbocycles. The van der Waals surface area contributed by atoms with Crippen molar-refractivity contribution in [3.63, 3.8) is 0 Å². The number of aliphatic hydroxyl groups is 1. The molecule has 0 radical (unpaired) electrons. The maximum atomic E-state index is 8.61. The van der Waals surface area contributed by atoms with E-state index >= 15 is 0 Å². The number of unbranched alkanes of at least 4 members (excludes halogenated alkanes) is 1. The van der Waals surface area contributed by atoms with E-state index in [0.29, 0.717) is 17.4 Å². The van der Waals surface area contributed by atoms with Crippen molar-refractivity contribution in [3.8, 4) is 5.88 Å². The van der Waals surface area contributed by atoms with Gasteiger partial charge in [0.15, 0.2) is 5.82 Å². The molecule has 0 bridgehead atoms. The molecule has 1 aromatic heterocycles. The first kappa shape index (κ1) is 11.6. The highest BCUT2D eigenvalue weighted by Crippen LogP contribution is 2.19. The summed E-state index contributed by atoms with van der Waals surface area (Å²) in [7, 11) is 1.56. The highest BCUT2D eigenvalue weighted by Gasteiger charge is 2.01. The summed E-state index contributed by atoms with van der Waals surface area (Å²) in [5.74, 6) is 1.17. The topological polar surface area (TPSA) is 80.4 Å². The summed E-state index contributed by atoms with van der Waals surface area (Å²) < 4.78 is 4.99. The number of rotatable bonds is 6. The molecule has 0 spiro atoms. The largest absolute Gasteiger partial charge is 0.481 e. The van der Waals surface area contributed by atoms with Crippen LogP contribution >= 0.6 is 0 Å². The number of methoxy groups -OCH3 is 1. The summed E-state index contributed by atoms with van der Waals surface area (Å²) in [6.45, 7) is 0.952. The van der Waals surface area contributed by atoms with Gasteiger partial charge < -0.3 is 20.9 Å². The Bertz CT molecular complexity index is 305. The van der Waals surface area contributed by atoms with Gasteiger partial charge >= 0.3 is 0 Å². The first-order valence-corrected chi connectivity index (χ1v) is 4.93. The molecular weight excluding hydrogens is 194 g/mol. The van der Waals surface area contributed by atoms with Crippen LogP contribution < -0.4 is 15.8 Å². The first-order valence-electron chi connectivity index (χ1n) is 4.93. The SMILES string of the molecule is COc1ccc(N)c(NCCCCO)n1. The van der Waals surface area contributed by atoms with E-state index in [9.17, 15) is 0 Å². The second kappa shape index (κ2) is 6.08. The van der Waals surface area contributed by atoms with Crippen LogP contribution in [-0.4, -0.2) is 30.4 Å². The number of nitrogens with two attached hydrogens (primary N) is 1. The second-order valence-corrected chi connectivity index (χ2v) is 3.15. The number of nitrogens with one attached hydrogen (secondary N) is 1. The van der Waals surface area contributed by atoms with Crippen molar-refractivity contribution in [2.45, 2.75) is 12.8 Å². The first-order chi connectivity index (χ1) is 7.27. The van der Waals surface area contributed by atoms with Gasteiger partial charge in [0.1, 0.15) is 0 Å². The normalized spacial score (nSPS) is 10.0. The molecule has 0 unspecified atom stereocenters. The van der Waals surface area contributed by atoms with E-state index in [1.54, 1.807) is 19.2 Å². The number of nitrogens with zero attached hydrogens (tertiary/aromatic N) is 1. The summed E-state index contributed by atoms with van der Waals surface area (Å²) in [4.78, 5) is 4.17. The Kier molecular flexibility index (Phi) is 4.70. The zero-order valence-electron chi connectivity index (χ0n) is 8.86. The number of ether oxygens (including phenoxy) is 1. The maximum absolute atomic E-state index is 8.61. The van der Waals surface area contributed by atoms with Gasteiger partial charge in [-0.15, -0.1) is 0 Å². The number of aliphatic hydroxyl groups excluding tert-OH is 1. The quantitative estimate of drug-likeness (QED) is 0.608. The minimum atomic E-state index is 0.211. The molecule has 0 aliphatic heterocycles. The number of anilines is 2. The molecule has 0 aromatic carbocycles. The lowest BCUT2D eigenvalue weighted by atomic mass is 10.3. The van der Waals surface area contributed by atoms with Crippen molar-refractivity contribution in [1.82, 2.24) is 4.98 Å². The summed E-state index contributed by atoms with van der Waals surface area (Å²) in [5, 5.41) is 11.7. The third-order valence-electron chi connectivity index (χ3n) is 1.99. The molecule has 4 N–H and O–H groups in total. The number of nitrogen functional groups attached to an aromatic ring is 1. The molecule has 1 heterocycles. The molecule has 5 heteroatoms. The molecular formula is C10H17N3O2. The Morgan fingerprint density at radius 1 is 1.47 bits per heavy atom. The van der Waals surface area contributed by atoms with E-state index in [0.717, 1.165) is 19.4 Å². The summed E-state index contributed by atoms with van der Waals surface area (Å²) in [6, 6.07) is 3.47. The fourth-order valence-corrected chi connectivity index (χ4v) is 1.15. The van der Waals surface area contributed by atoms with Crippen LogP contribution in [0.2, 0.25) is 0 Å². The van der Waals surface area contributed by atoms with Crippen LogP contribution in [0.4, 0.5) is 11.5 Å². The standard InChI is InChI=1S/C10H17N3O2/c1-15-9-5-4-8(11)10(13-9)12-6-2-3-7-14/h4-5,14H,2-3,6-7,11H2,1H3,(H,12,13). The molecule has 0 aliphatic rings. The van der Waals surface area contributed by atoms with E-state index < -0.39 is 0 Å². The Labute approximate surface area is 89.3 Å². The zero-order chi connectivity index (χ0) is 11.1. The smallest absolute Gasteiger partial charge is 0.215 e. The third-order valence-corrected chi connectivity index (χ3v) is 1.99. The van der Waals surface area contributed by atoms with Gasteiger partial charge in [-0.2, -0.15) is 4.98 Å². The molecule has 0 saturated heterocycles. The van der Waals surface area contributed by atoms with E-state index in [4.69, 9.17) is 15.6 Å². The van der Waals surface area contributed by atoms with E-state index in [2.05, 4.69) is 10.3 Å². The van der Waals surface area contributed by atoms with Crippen LogP contribution in [0.25, 0.3) is 0 Å². The van der Waals surface area contributed by atoms with Crippen molar-refractivity contribution in [2.24, 2.45) is 0 Å². The van der Waals surface area contributed by atoms with Crippen molar-refractivity contribution < 1.29 is 9.84 Å². The predicted molar refractivity (Wildman–Crippen MR) is 60.0 cm³/mol. The van der Waals surface area contributed by atoms with Crippen LogP contribution in [0.5, 0.6) is 5.88 Å². The monoisotopic (exact) mass is 211 g/mol. The summed E-state index contributed by atoms with van der Waals surface area (Å²) in [6.07, 6.45) is 1.66. The number of hydrogen-bond donors (Lipinski definition) is 3. The van der Waals surface area contributed by atoms with E-state index in [-0.39, 0.29) is 6.61 Å². The maximum Gasteiger partial charge on any atom is 0.215 e. The Hall–Kier alpha value is -1.49. The van der Waals surface area contributed by atoms with Crippen LogP contribution in [0.15, 0.2) is 12.1 Å². The molecule has 15 heavy (non-hydrogen) atoms. The fraction of sp³-hybridized carbons (Fsp3) is 0.500. The highest BCUT2D eigenvalue weighted by atomic mass is 16.5. The average Bonchev–Trinajstić information content (AvgIpc) is 2.26. The van der Waals surface area contributed by atoms with E-state index in [1.165, 1.54) is 0 Å². The number of aromatic nitrogens is 1. The lowest BCUT2D eigenvalue weighted by molar-refractivity contribution is 0.286. The van der Waals surface area contributed by atoms with Gasteiger partial charge in [0.05, 0.1) is 12.8 Å². The third kappa shape index (κ3) is 3.63. The van der Waals surface area contributed by atoms with Gasteiger partial charge in [0.2, 0.25) is 5.88 Å². The molecule has 5 nitrogen and oxygen atoms in total. The average molecular weight is 211 g/mol. The Morgan fingerprint density at radius 2 is 2.27 bits per heavy atom. The minimum absolute atomic E-state index is 0.211. The highest BCUT2D eigenvalue weighted by molar-refractivity contribution is 5.61. The van der Waals surface area contributed by atoms with Gasteiger partial charge in [0, 0.05) is 19.2 Å². The summed E-state index contributed by atoms with van der Waals surface area (Å²) in [5.41, 5.74) is 6.33. The Balaban J connectivity index is 2.51. The zero-order valence-corrected chi connectivity index (χ0v) is 8.86. The molecule has 1 aromatic rings. The van der Waals surface area contributed by atoms with Gasteiger partial charge in [0.25, 0.3) is 0 Å². The van der Waals surface area contributed by atoms with Gasteiger partial charge in [-0.25, -0.2) is 0 Å². The predicted octanol–water partition coefficient (Wildman–Crippen LogP) is 0.857. The van der Waals surface area contributed by atoms with Crippen molar-refractivity contribution in [3.05, 3.63) is 12.1 Å². The van der Waals surface area contributed by atoms with Crippen LogP contribution in [0.1, 0.15) is 12.8 Å². The van der Waals surface area contributed by atoms with Crippen molar-refractivity contribution in [2.75, 3.05) is 31.3 Å². The van der Waals surface area contributed by atoms with Gasteiger partial charge in [-0.1, -0.05) is 0 Å². The molecule has 0 atom stereocenters. The van der Waals surface area contributed by atoms with Crippen molar-refractivity contribution >= 4 is 11.5 Å². The minimum Gasteiger partial charge on any atom is -0.481 e. The van der Waals surface area contributed by atoms with Crippen LogP contribution in [0.3, 0.4) is 0 Å². The molecule has 84 valence electrons. The summed E-state index contributed by atoms with van der Waals surface area (Å²) >= 11 is 0. The lowest BCUT2D eigenvalue weighted by Crippen LogP contribution is -2.07. The fourth-order valence-electron chi connectivity index (χ4n) is 1.15. The molecule has 1 rings (SSSR count). The number of pyridine rings is 1. The van der Waals surface area contributed by atoms with Crippen LogP contribution in [-0.2, 0) is 0 Å². The van der Waals surface area contributed by atoms with E-state index in [1.807, 2.05) is 0 Å². The molecule has 0 fully saturated rings. The van der Waals surface area contributed by atoms with Crippen molar-refractivity contribution in [1.29, 1.82) is 0 Å². The lowest BCUT2D eigenvalue weighted by Gasteiger charge is -2.09. The molecule has 0 amide bonds. The van der Waals surface area contributed by atoms with Gasteiger partial charge in [-0.3, -0.25) is 0 Å².